The molecule has 0 saturated heterocycles. The lowest BCUT2D eigenvalue weighted by molar-refractivity contribution is -0.136. The highest BCUT2D eigenvalue weighted by atomic mass is 35.5. The minimum Gasteiger partial charge on any atom is -0.347 e. The SMILES string of the molecule is Cc1ccc(NC(=O)C(=O)NC[C@@H](C)c2ccccc2)cc1Cl. The number of rotatable bonds is 4. The summed E-state index contributed by atoms with van der Waals surface area (Å²) in [5, 5.41) is 5.72. The molecule has 2 N–H and O–H groups in total. The average Bonchev–Trinajstić information content (AvgIpc) is 2.56. The molecule has 0 spiro atoms. The van der Waals surface area contributed by atoms with Crippen LogP contribution in [0.4, 0.5) is 5.69 Å². The molecule has 2 aromatic rings. The van der Waals surface area contributed by atoms with E-state index in [-0.39, 0.29) is 5.92 Å². The van der Waals surface area contributed by atoms with Gasteiger partial charge in [-0.2, -0.15) is 0 Å². The first-order chi connectivity index (χ1) is 11.0. The maximum atomic E-state index is 11.9. The first-order valence-corrected chi connectivity index (χ1v) is 7.75. The quantitative estimate of drug-likeness (QED) is 0.843. The van der Waals surface area contributed by atoms with Crippen molar-refractivity contribution in [3.8, 4) is 0 Å². The highest BCUT2D eigenvalue weighted by Gasteiger charge is 2.15. The number of halogens is 1. The van der Waals surface area contributed by atoms with Crippen LogP contribution in [-0.2, 0) is 9.59 Å². The van der Waals surface area contributed by atoms with Crippen molar-refractivity contribution in [2.24, 2.45) is 0 Å². The van der Waals surface area contributed by atoms with E-state index in [1.807, 2.05) is 44.2 Å². The Morgan fingerprint density at radius 2 is 1.78 bits per heavy atom. The normalized spacial score (nSPS) is 11.6. The maximum Gasteiger partial charge on any atom is 0.313 e. The number of nitrogens with one attached hydrogen (secondary N) is 2. The molecule has 120 valence electrons. The molecule has 1 atom stereocenters. The Morgan fingerprint density at radius 1 is 1.09 bits per heavy atom. The molecule has 4 nitrogen and oxygen atoms in total. The number of hydrogen-bond donors (Lipinski definition) is 2. The lowest BCUT2D eigenvalue weighted by Crippen LogP contribution is -2.37. The van der Waals surface area contributed by atoms with Gasteiger partial charge in [-0.05, 0) is 36.1 Å². The van der Waals surface area contributed by atoms with Crippen molar-refractivity contribution in [2.75, 3.05) is 11.9 Å². The number of amides is 2. The summed E-state index contributed by atoms with van der Waals surface area (Å²) in [6, 6.07) is 14.9. The monoisotopic (exact) mass is 330 g/mol. The van der Waals surface area contributed by atoms with Crippen LogP contribution < -0.4 is 10.6 Å². The Balaban J connectivity index is 1.87. The van der Waals surface area contributed by atoms with Crippen molar-refractivity contribution in [1.82, 2.24) is 5.32 Å². The van der Waals surface area contributed by atoms with Crippen LogP contribution in [0.5, 0.6) is 0 Å². The van der Waals surface area contributed by atoms with E-state index in [2.05, 4.69) is 10.6 Å². The van der Waals surface area contributed by atoms with Crippen LogP contribution in [0.15, 0.2) is 48.5 Å². The summed E-state index contributed by atoms with van der Waals surface area (Å²) in [5.74, 6) is -1.24. The van der Waals surface area contributed by atoms with E-state index in [1.54, 1.807) is 18.2 Å². The van der Waals surface area contributed by atoms with Gasteiger partial charge in [-0.1, -0.05) is 54.9 Å². The van der Waals surface area contributed by atoms with Gasteiger partial charge in [-0.15, -0.1) is 0 Å². The Labute approximate surface area is 140 Å². The van der Waals surface area contributed by atoms with E-state index >= 15 is 0 Å². The van der Waals surface area contributed by atoms with Crippen molar-refractivity contribution in [1.29, 1.82) is 0 Å². The fraction of sp³-hybridized carbons (Fsp3) is 0.222. The minimum absolute atomic E-state index is 0.127. The van der Waals surface area contributed by atoms with Crippen LogP contribution in [0.2, 0.25) is 5.02 Å². The summed E-state index contributed by atoms with van der Waals surface area (Å²) in [6.45, 7) is 4.25. The summed E-state index contributed by atoms with van der Waals surface area (Å²) in [5.41, 5.74) is 2.51. The van der Waals surface area contributed by atoms with Crippen molar-refractivity contribution in [3.63, 3.8) is 0 Å². The molecule has 5 heteroatoms. The summed E-state index contributed by atoms with van der Waals surface area (Å²) in [6.07, 6.45) is 0. The van der Waals surface area contributed by atoms with Crippen LogP contribution in [0.1, 0.15) is 24.0 Å². The van der Waals surface area contributed by atoms with E-state index in [9.17, 15) is 9.59 Å². The Morgan fingerprint density at radius 3 is 2.43 bits per heavy atom. The van der Waals surface area contributed by atoms with E-state index in [1.165, 1.54) is 0 Å². The molecule has 0 radical (unpaired) electrons. The zero-order valence-electron chi connectivity index (χ0n) is 13.1. The molecular formula is C18H19ClN2O2. The summed E-state index contributed by atoms with van der Waals surface area (Å²) < 4.78 is 0. The highest BCUT2D eigenvalue weighted by Crippen LogP contribution is 2.19. The molecule has 0 fully saturated rings. The van der Waals surface area contributed by atoms with Crippen LogP contribution in [-0.4, -0.2) is 18.4 Å². The van der Waals surface area contributed by atoms with Gasteiger partial charge in [0.15, 0.2) is 0 Å². The minimum atomic E-state index is -0.704. The summed E-state index contributed by atoms with van der Waals surface area (Å²) >= 11 is 6.00. The van der Waals surface area contributed by atoms with Crippen LogP contribution in [0.3, 0.4) is 0 Å². The van der Waals surface area contributed by atoms with Crippen LogP contribution >= 0.6 is 11.6 Å². The van der Waals surface area contributed by atoms with Crippen molar-refractivity contribution < 1.29 is 9.59 Å². The van der Waals surface area contributed by atoms with E-state index in [0.29, 0.717) is 17.3 Å². The molecule has 0 unspecified atom stereocenters. The smallest absolute Gasteiger partial charge is 0.313 e. The number of carbonyl (C=O) groups is 2. The number of hydrogen-bond acceptors (Lipinski definition) is 2. The van der Waals surface area contributed by atoms with Crippen LogP contribution in [0, 0.1) is 6.92 Å². The van der Waals surface area contributed by atoms with Gasteiger partial charge in [-0.3, -0.25) is 9.59 Å². The molecule has 0 aliphatic heterocycles. The molecule has 2 aromatic carbocycles. The van der Waals surface area contributed by atoms with Gasteiger partial charge in [-0.25, -0.2) is 0 Å². The lowest BCUT2D eigenvalue weighted by atomic mass is 10.0. The van der Waals surface area contributed by atoms with Gasteiger partial charge in [0.05, 0.1) is 0 Å². The number of benzene rings is 2. The Hall–Kier alpha value is -2.33. The van der Waals surface area contributed by atoms with Gasteiger partial charge in [0.1, 0.15) is 0 Å². The molecule has 23 heavy (non-hydrogen) atoms. The first kappa shape index (κ1) is 17.0. The van der Waals surface area contributed by atoms with E-state index < -0.39 is 11.8 Å². The molecule has 0 aromatic heterocycles. The number of aryl methyl sites for hydroxylation is 1. The standard InChI is InChI=1S/C18H19ClN2O2/c1-12-8-9-15(10-16(12)19)21-18(23)17(22)20-11-13(2)14-6-4-3-5-7-14/h3-10,13H,11H2,1-2H3,(H,20,22)(H,21,23)/t13-/m1/s1. The van der Waals surface area contributed by atoms with Crippen molar-refractivity contribution in [3.05, 3.63) is 64.7 Å². The molecule has 0 aliphatic carbocycles. The van der Waals surface area contributed by atoms with Gasteiger partial charge in [0, 0.05) is 17.3 Å². The highest BCUT2D eigenvalue weighted by molar-refractivity contribution is 6.39. The zero-order chi connectivity index (χ0) is 16.8. The molecule has 2 rings (SSSR count). The molecule has 2 amide bonds. The van der Waals surface area contributed by atoms with Crippen LogP contribution in [0.25, 0.3) is 0 Å². The molecular weight excluding hydrogens is 312 g/mol. The Bertz CT molecular complexity index is 701. The van der Waals surface area contributed by atoms with E-state index in [4.69, 9.17) is 11.6 Å². The first-order valence-electron chi connectivity index (χ1n) is 7.37. The largest absolute Gasteiger partial charge is 0.347 e. The predicted octanol–water partition coefficient (Wildman–Crippen LogP) is 3.51. The lowest BCUT2D eigenvalue weighted by Gasteiger charge is -2.13. The second kappa shape index (κ2) is 7.79. The third-order valence-corrected chi connectivity index (χ3v) is 3.98. The molecule has 0 saturated carbocycles. The maximum absolute atomic E-state index is 11.9. The van der Waals surface area contributed by atoms with E-state index in [0.717, 1.165) is 11.1 Å². The Kier molecular flexibility index (Phi) is 5.77. The van der Waals surface area contributed by atoms with Crippen molar-refractivity contribution in [2.45, 2.75) is 19.8 Å². The van der Waals surface area contributed by atoms with Gasteiger partial charge in [0.2, 0.25) is 0 Å². The summed E-state index contributed by atoms with van der Waals surface area (Å²) in [4.78, 5) is 23.8. The number of carbonyl (C=O) groups excluding carboxylic acids is 2. The summed E-state index contributed by atoms with van der Waals surface area (Å²) in [7, 11) is 0. The van der Waals surface area contributed by atoms with Gasteiger partial charge >= 0.3 is 11.8 Å². The third-order valence-electron chi connectivity index (χ3n) is 3.57. The van der Waals surface area contributed by atoms with Crippen molar-refractivity contribution >= 4 is 29.1 Å². The second-order valence-electron chi connectivity index (χ2n) is 5.44. The third kappa shape index (κ3) is 4.83. The van der Waals surface area contributed by atoms with Gasteiger partial charge < -0.3 is 10.6 Å². The van der Waals surface area contributed by atoms with Gasteiger partial charge in [0.25, 0.3) is 0 Å². The molecule has 0 heterocycles. The predicted molar refractivity (Wildman–Crippen MR) is 92.7 cm³/mol. The fourth-order valence-corrected chi connectivity index (χ4v) is 2.26. The topological polar surface area (TPSA) is 58.2 Å². The average molecular weight is 331 g/mol. The molecule has 0 aliphatic rings. The molecule has 0 bridgehead atoms. The second-order valence-corrected chi connectivity index (χ2v) is 5.85. The number of anilines is 1. The zero-order valence-corrected chi connectivity index (χ0v) is 13.9. The fourth-order valence-electron chi connectivity index (χ4n) is 2.08.